The smallest absolute Gasteiger partial charge is 0.214 e. The van der Waals surface area contributed by atoms with Crippen LogP contribution in [0.25, 0.3) is 0 Å². The number of ether oxygens (including phenoxy) is 1. The number of ketones is 1. The van der Waals surface area contributed by atoms with E-state index in [0.29, 0.717) is 17.8 Å². The molecular weight excluding hydrogens is 274 g/mol. The summed E-state index contributed by atoms with van der Waals surface area (Å²) in [7, 11) is 1.52. The molecule has 0 heterocycles. The van der Waals surface area contributed by atoms with Crippen molar-refractivity contribution in [2.45, 2.75) is 6.92 Å². The zero-order valence-electron chi connectivity index (χ0n) is 9.07. The molecule has 0 saturated heterocycles. The Balaban J connectivity index is 3.08. The maximum absolute atomic E-state index is 11.0. The first-order chi connectivity index (χ1) is 7.58. The third-order valence-corrected chi connectivity index (χ3v) is 2.46. The van der Waals surface area contributed by atoms with Gasteiger partial charge in [-0.2, -0.15) is 0 Å². The Kier molecular flexibility index (Phi) is 4.49. The Hall–Kier alpha value is -1.36. The number of nitrogens with zero attached hydrogens (tertiary/aromatic N) is 1. The Morgan fingerprint density at radius 3 is 2.75 bits per heavy atom. The normalized spacial score (nSPS) is 9.69. The number of carbonyl (C=O) groups excluding carboxylic acids is 2. The molecule has 0 saturated carbocycles. The number of Topliss-reactive ketones (excluding diaryl/α,β-unsaturated/α-hetero) is 1. The second kappa shape index (κ2) is 5.65. The van der Waals surface area contributed by atoms with Crippen LogP contribution >= 0.6 is 15.9 Å². The van der Waals surface area contributed by atoms with Crippen molar-refractivity contribution in [3.8, 4) is 5.75 Å². The summed E-state index contributed by atoms with van der Waals surface area (Å²) in [6.07, 6.45) is 0.618. The minimum Gasteiger partial charge on any atom is -0.495 e. The molecule has 16 heavy (non-hydrogen) atoms. The van der Waals surface area contributed by atoms with Gasteiger partial charge in [-0.3, -0.25) is 9.59 Å². The van der Waals surface area contributed by atoms with Crippen molar-refractivity contribution >= 4 is 33.8 Å². The lowest BCUT2D eigenvalue weighted by Crippen LogP contribution is -2.27. The maximum Gasteiger partial charge on any atom is 0.214 e. The summed E-state index contributed by atoms with van der Waals surface area (Å²) in [5.41, 5.74) is 0.580. The lowest BCUT2D eigenvalue weighted by molar-refractivity contribution is -0.117. The van der Waals surface area contributed by atoms with Crippen LogP contribution in [0, 0.1) is 0 Å². The van der Waals surface area contributed by atoms with E-state index >= 15 is 0 Å². The van der Waals surface area contributed by atoms with E-state index in [0.717, 1.165) is 4.47 Å². The number of amides is 1. The first kappa shape index (κ1) is 12.7. The average molecular weight is 286 g/mol. The highest BCUT2D eigenvalue weighted by Gasteiger charge is 2.13. The number of methoxy groups -OCH3 is 1. The molecule has 86 valence electrons. The van der Waals surface area contributed by atoms with Gasteiger partial charge in [0.15, 0.2) is 0 Å². The van der Waals surface area contributed by atoms with Crippen molar-refractivity contribution in [2.24, 2.45) is 0 Å². The summed E-state index contributed by atoms with van der Waals surface area (Å²) in [4.78, 5) is 23.2. The van der Waals surface area contributed by atoms with Gasteiger partial charge in [0.1, 0.15) is 11.5 Å². The lowest BCUT2D eigenvalue weighted by Gasteiger charge is -2.18. The van der Waals surface area contributed by atoms with Crippen LogP contribution in [0.1, 0.15) is 6.92 Å². The standard InChI is InChI=1S/C11H12BrNO3/c1-8(15)6-13(7-14)10-4-3-9(12)5-11(10)16-2/h3-5,7H,6H2,1-2H3. The Labute approximate surface area is 102 Å². The van der Waals surface area contributed by atoms with E-state index in [1.54, 1.807) is 18.2 Å². The molecule has 0 bridgehead atoms. The molecule has 0 radical (unpaired) electrons. The van der Waals surface area contributed by atoms with E-state index in [1.165, 1.54) is 18.9 Å². The molecule has 0 aliphatic carbocycles. The third kappa shape index (κ3) is 3.06. The Morgan fingerprint density at radius 1 is 1.56 bits per heavy atom. The van der Waals surface area contributed by atoms with E-state index in [2.05, 4.69) is 15.9 Å². The van der Waals surface area contributed by atoms with Crippen molar-refractivity contribution in [1.29, 1.82) is 0 Å². The largest absolute Gasteiger partial charge is 0.495 e. The number of benzene rings is 1. The zero-order valence-corrected chi connectivity index (χ0v) is 10.7. The summed E-state index contributed by atoms with van der Waals surface area (Å²) in [6.45, 7) is 1.48. The van der Waals surface area contributed by atoms with Gasteiger partial charge in [-0.15, -0.1) is 0 Å². The van der Waals surface area contributed by atoms with Crippen LogP contribution in [0.5, 0.6) is 5.75 Å². The SMILES string of the molecule is COc1cc(Br)ccc1N(C=O)CC(C)=O. The Morgan fingerprint density at radius 2 is 2.25 bits per heavy atom. The summed E-state index contributed by atoms with van der Waals surface area (Å²) in [5, 5.41) is 0. The van der Waals surface area contributed by atoms with Crippen molar-refractivity contribution < 1.29 is 14.3 Å². The number of hydrogen-bond donors (Lipinski definition) is 0. The second-order valence-corrected chi connectivity index (χ2v) is 4.17. The molecule has 0 aromatic heterocycles. The van der Waals surface area contributed by atoms with Crippen LogP contribution < -0.4 is 9.64 Å². The highest BCUT2D eigenvalue weighted by molar-refractivity contribution is 9.10. The van der Waals surface area contributed by atoms with Crippen LogP contribution in [0.2, 0.25) is 0 Å². The number of halogens is 1. The van der Waals surface area contributed by atoms with Crippen LogP contribution in [0.15, 0.2) is 22.7 Å². The third-order valence-electron chi connectivity index (χ3n) is 1.97. The van der Waals surface area contributed by atoms with E-state index in [-0.39, 0.29) is 12.3 Å². The summed E-state index contributed by atoms with van der Waals surface area (Å²) >= 11 is 3.31. The first-order valence-electron chi connectivity index (χ1n) is 4.63. The van der Waals surface area contributed by atoms with E-state index in [9.17, 15) is 9.59 Å². The summed E-state index contributed by atoms with van der Waals surface area (Å²) in [5.74, 6) is 0.458. The fourth-order valence-corrected chi connectivity index (χ4v) is 1.65. The number of hydrogen-bond acceptors (Lipinski definition) is 3. The average Bonchev–Trinajstić information content (AvgIpc) is 2.25. The predicted octanol–water partition coefficient (Wildman–Crippen LogP) is 2.01. The highest BCUT2D eigenvalue weighted by atomic mass is 79.9. The molecule has 0 unspecified atom stereocenters. The van der Waals surface area contributed by atoms with Gasteiger partial charge in [-0.05, 0) is 25.1 Å². The molecule has 0 spiro atoms. The van der Waals surface area contributed by atoms with E-state index in [4.69, 9.17) is 4.74 Å². The van der Waals surface area contributed by atoms with Crippen molar-refractivity contribution in [2.75, 3.05) is 18.6 Å². The topological polar surface area (TPSA) is 46.6 Å². The second-order valence-electron chi connectivity index (χ2n) is 3.25. The van der Waals surface area contributed by atoms with Gasteiger partial charge >= 0.3 is 0 Å². The van der Waals surface area contributed by atoms with Crippen LogP contribution in [0.3, 0.4) is 0 Å². The quantitative estimate of drug-likeness (QED) is 0.778. The predicted molar refractivity (Wildman–Crippen MR) is 64.8 cm³/mol. The maximum atomic E-state index is 11.0. The van der Waals surface area contributed by atoms with Crippen LogP contribution in [-0.2, 0) is 9.59 Å². The molecule has 0 atom stereocenters. The fraction of sp³-hybridized carbons (Fsp3) is 0.273. The van der Waals surface area contributed by atoms with Gasteiger partial charge in [0.05, 0.1) is 19.3 Å². The van der Waals surface area contributed by atoms with Gasteiger partial charge in [0.25, 0.3) is 0 Å². The van der Waals surface area contributed by atoms with Crippen LogP contribution in [0.4, 0.5) is 5.69 Å². The number of rotatable bonds is 5. The minimum atomic E-state index is -0.0860. The molecule has 0 fully saturated rings. The van der Waals surface area contributed by atoms with Crippen LogP contribution in [-0.4, -0.2) is 25.8 Å². The molecule has 1 amide bonds. The molecular formula is C11H12BrNO3. The van der Waals surface area contributed by atoms with Gasteiger partial charge in [0.2, 0.25) is 6.41 Å². The molecule has 1 rings (SSSR count). The molecule has 0 N–H and O–H groups in total. The van der Waals surface area contributed by atoms with Crippen molar-refractivity contribution in [3.63, 3.8) is 0 Å². The molecule has 4 nitrogen and oxygen atoms in total. The Bertz CT molecular complexity index is 406. The highest BCUT2D eigenvalue weighted by Crippen LogP contribution is 2.30. The lowest BCUT2D eigenvalue weighted by atomic mass is 10.2. The van der Waals surface area contributed by atoms with Gasteiger partial charge in [0, 0.05) is 4.47 Å². The minimum absolute atomic E-state index is 0.0431. The fourth-order valence-electron chi connectivity index (χ4n) is 1.31. The van der Waals surface area contributed by atoms with Crippen molar-refractivity contribution in [3.05, 3.63) is 22.7 Å². The number of anilines is 1. The molecule has 5 heteroatoms. The monoisotopic (exact) mass is 285 g/mol. The molecule has 1 aromatic carbocycles. The molecule has 0 aliphatic heterocycles. The summed E-state index contributed by atoms with van der Waals surface area (Å²) < 4.78 is 6.00. The van der Waals surface area contributed by atoms with Gasteiger partial charge in [-0.25, -0.2) is 0 Å². The van der Waals surface area contributed by atoms with Crippen molar-refractivity contribution in [1.82, 2.24) is 0 Å². The van der Waals surface area contributed by atoms with E-state index in [1.807, 2.05) is 0 Å². The molecule has 0 aliphatic rings. The van der Waals surface area contributed by atoms with Gasteiger partial charge < -0.3 is 9.64 Å². The molecule has 1 aromatic rings. The number of carbonyl (C=O) groups is 2. The first-order valence-corrected chi connectivity index (χ1v) is 5.42. The van der Waals surface area contributed by atoms with E-state index < -0.39 is 0 Å². The summed E-state index contributed by atoms with van der Waals surface area (Å²) in [6, 6.07) is 5.25. The zero-order chi connectivity index (χ0) is 12.1. The van der Waals surface area contributed by atoms with Gasteiger partial charge in [-0.1, -0.05) is 15.9 Å².